The molecular weight excluding hydrogens is 360 g/mol. The molecule has 29 heavy (non-hydrogen) atoms. The van der Waals surface area contributed by atoms with E-state index >= 15 is 0 Å². The molecule has 1 fully saturated rings. The van der Waals surface area contributed by atoms with Crippen molar-refractivity contribution in [3.8, 4) is 0 Å². The van der Waals surface area contributed by atoms with Crippen molar-refractivity contribution in [1.29, 1.82) is 0 Å². The molecule has 1 aromatic heterocycles. The predicted molar refractivity (Wildman–Crippen MR) is 121 cm³/mol. The fourth-order valence-corrected chi connectivity index (χ4v) is 3.53. The fourth-order valence-electron chi connectivity index (χ4n) is 3.53. The summed E-state index contributed by atoms with van der Waals surface area (Å²) < 4.78 is 0. The molecule has 6 nitrogen and oxygen atoms in total. The second-order valence-corrected chi connectivity index (χ2v) is 7.36. The molecule has 0 saturated carbocycles. The van der Waals surface area contributed by atoms with Gasteiger partial charge in [0.15, 0.2) is 0 Å². The van der Waals surface area contributed by atoms with Crippen molar-refractivity contribution in [2.75, 3.05) is 48.8 Å². The highest BCUT2D eigenvalue weighted by Crippen LogP contribution is 2.23. The van der Waals surface area contributed by atoms with Gasteiger partial charge in [-0.2, -0.15) is 4.98 Å². The van der Waals surface area contributed by atoms with Crippen LogP contribution in [0.15, 0.2) is 60.8 Å². The molecule has 0 aliphatic carbocycles. The summed E-state index contributed by atoms with van der Waals surface area (Å²) in [6.45, 7) is 6.50. The third-order valence-electron chi connectivity index (χ3n) is 5.31. The number of benzene rings is 2. The molecule has 3 aromatic rings. The van der Waals surface area contributed by atoms with Gasteiger partial charge in [0.25, 0.3) is 0 Å². The average molecular weight is 389 g/mol. The molecule has 6 heteroatoms. The smallest absolute Gasteiger partial charge is 0.229 e. The van der Waals surface area contributed by atoms with Crippen LogP contribution in [0.1, 0.15) is 12.5 Å². The van der Waals surface area contributed by atoms with E-state index in [2.05, 4.69) is 86.8 Å². The molecule has 0 atom stereocenters. The van der Waals surface area contributed by atoms with E-state index < -0.39 is 0 Å². The quantitative estimate of drug-likeness (QED) is 0.657. The first kappa shape index (κ1) is 19.2. The monoisotopic (exact) mass is 388 g/mol. The second kappa shape index (κ2) is 8.92. The maximum absolute atomic E-state index is 4.61. The zero-order chi connectivity index (χ0) is 20.1. The van der Waals surface area contributed by atoms with Gasteiger partial charge in [0.05, 0.1) is 0 Å². The van der Waals surface area contributed by atoms with E-state index in [0.717, 1.165) is 49.8 Å². The largest absolute Gasteiger partial charge is 0.369 e. The number of likely N-dealkylation sites (N-methyl/N-ethyl adjacent to an activating group) is 1. The molecule has 1 aliphatic rings. The molecule has 0 unspecified atom stereocenters. The maximum Gasteiger partial charge on any atom is 0.229 e. The van der Waals surface area contributed by atoms with E-state index in [1.807, 2.05) is 12.1 Å². The van der Waals surface area contributed by atoms with Crippen LogP contribution in [0.4, 0.5) is 28.8 Å². The van der Waals surface area contributed by atoms with Crippen LogP contribution in [0.5, 0.6) is 0 Å². The minimum atomic E-state index is 0.580. The summed E-state index contributed by atoms with van der Waals surface area (Å²) in [4.78, 5) is 13.8. The first-order chi connectivity index (χ1) is 14.2. The van der Waals surface area contributed by atoms with Gasteiger partial charge in [-0.1, -0.05) is 25.1 Å². The molecule has 0 spiro atoms. The Morgan fingerprint density at radius 2 is 1.66 bits per heavy atom. The Kier molecular flexibility index (Phi) is 5.91. The molecule has 0 amide bonds. The lowest BCUT2D eigenvalue weighted by Crippen LogP contribution is -2.44. The van der Waals surface area contributed by atoms with Crippen LogP contribution in [0, 0.1) is 0 Å². The average Bonchev–Trinajstić information content (AvgIpc) is 2.76. The van der Waals surface area contributed by atoms with E-state index in [1.54, 1.807) is 6.20 Å². The van der Waals surface area contributed by atoms with Gasteiger partial charge in [-0.3, -0.25) is 0 Å². The van der Waals surface area contributed by atoms with Crippen molar-refractivity contribution in [1.82, 2.24) is 14.9 Å². The number of hydrogen-bond donors (Lipinski definition) is 2. The van der Waals surface area contributed by atoms with E-state index in [0.29, 0.717) is 5.95 Å². The molecule has 2 N–H and O–H groups in total. The Bertz CT molecular complexity index is 932. The molecule has 0 radical (unpaired) electrons. The molecule has 150 valence electrons. The van der Waals surface area contributed by atoms with Gasteiger partial charge in [0.2, 0.25) is 5.95 Å². The molecule has 1 aliphatic heterocycles. The molecule has 2 heterocycles. The van der Waals surface area contributed by atoms with Crippen molar-refractivity contribution < 1.29 is 0 Å². The predicted octanol–water partition coefficient (Wildman–Crippen LogP) is 4.28. The number of para-hydroxylation sites is 1. The Labute approximate surface area is 172 Å². The van der Waals surface area contributed by atoms with Crippen LogP contribution < -0.4 is 15.5 Å². The highest BCUT2D eigenvalue weighted by molar-refractivity contribution is 5.63. The minimum Gasteiger partial charge on any atom is -0.369 e. The third-order valence-corrected chi connectivity index (χ3v) is 5.31. The Morgan fingerprint density at radius 1 is 0.897 bits per heavy atom. The van der Waals surface area contributed by atoms with E-state index in [4.69, 9.17) is 0 Å². The van der Waals surface area contributed by atoms with E-state index in [-0.39, 0.29) is 0 Å². The van der Waals surface area contributed by atoms with Gasteiger partial charge in [0.1, 0.15) is 5.82 Å². The summed E-state index contributed by atoms with van der Waals surface area (Å²) >= 11 is 0. The first-order valence-corrected chi connectivity index (χ1v) is 10.2. The molecule has 0 bridgehead atoms. The van der Waals surface area contributed by atoms with Crippen LogP contribution in [-0.2, 0) is 6.42 Å². The SMILES string of the molecule is CCc1ccccc1Nc1ccnc(Nc2ccc(N3CCN(C)CC3)cc2)n1. The van der Waals surface area contributed by atoms with Gasteiger partial charge >= 0.3 is 0 Å². The molecule has 4 rings (SSSR count). The summed E-state index contributed by atoms with van der Waals surface area (Å²) in [6.07, 6.45) is 2.74. The van der Waals surface area contributed by atoms with Gasteiger partial charge in [0, 0.05) is 49.4 Å². The number of hydrogen-bond acceptors (Lipinski definition) is 6. The Hall–Kier alpha value is -3.12. The van der Waals surface area contributed by atoms with Gasteiger partial charge in [-0.05, 0) is 55.4 Å². The number of anilines is 5. The highest BCUT2D eigenvalue weighted by Gasteiger charge is 2.14. The highest BCUT2D eigenvalue weighted by atomic mass is 15.2. The Balaban J connectivity index is 1.42. The summed E-state index contributed by atoms with van der Waals surface area (Å²) in [5, 5.41) is 6.71. The van der Waals surface area contributed by atoms with Crippen LogP contribution in [0.3, 0.4) is 0 Å². The fraction of sp³-hybridized carbons (Fsp3) is 0.304. The molecule has 1 saturated heterocycles. The maximum atomic E-state index is 4.61. The van der Waals surface area contributed by atoms with Crippen LogP contribution in [-0.4, -0.2) is 48.1 Å². The van der Waals surface area contributed by atoms with Crippen molar-refractivity contribution in [3.05, 3.63) is 66.4 Å². The second-order valence-electron chi connectivity index (χ2n) is 7.36. The molecular formula is C23H28N6. The number of nitrogens with zero attached hydrogens (tertiary/aromatic N) is 4. The number of nitrogens with one attached hydrogen (secondary N) is 2. The number of aryl methyl sites for hydroxylation is 1. The normalized spacial score (nSPS) is 14.6. The lowest BCUT2D eigenvalue weighted by Gasteiger charge is -2.34. The number of rotatable bonds is 6. The zero-order valence-corrected chi connectivity index (χ0v) is 17.1. The van der Waals surface area contributed by atoms with Gasteiger partial charge in [-0.15, -0.1) is 0 Å². The zero-order valence-electron chi connectivity index (χ0n) is 17.1. The Morgan fingerprint density at radius 3 is 2.41 bits per heavy atom. The summed E-state index contributed by atoms with van der Waals surface area (Å²) in [5.41, 5.74) is 4.58. The van der Waals surface area contributed by atoms with E-state index in [1.165, 1.54) is 11.3 Å². The summed E-state index contributed by atoms with van der Waals surface area (Å²) in [6, 6.07) is 18.7. The van der Waals surface area contributed by atoms with Crippen molar-refractivity contribution in [2.45, 2.75) is 13.3 Å². The summed E-state index contributed by atoms with van der Waals surface area (Å²) in [5.74, 6) is 1.36. The lowest BCUT2D eigenvalue weighted by atomic mass is 10.1. The van der Waals surface area contributed by atoms with Crippen LogP contribution in [0.2, 0.25) is 0 Å². The van der Waals surface area contributed by atoms with Gasteiger partial charge in [-0.25, -0.2) is 4.98 Å². The van der Waals surface area contributed by atoms with Crippen molar-refractivity contribution >= 4 is 28.8 Å². The number of piperazine rings is 1. The van der Waals surface area contributed by atoms with Crippen molar-refractivity contribution in [2.24, 2.45) is 0 Å². The van der Waals surface area contributed by atoms with Crippen LogP contribution in [0.25, 0.3) is 0 Å². The molecule has 2 aromatic carbocycles. The van der Waals surface area contributed by atoms with Crippen LogP contribution >= 0.6 is 0 Å². The lowest BCUT2D eigenvalue weighted by molar-refractivity contribution is 0.313. The standard InChI is InChI=1S/C23H28N6/c1-3-18-6-4-5-7-21(18)26-22-12-13-24-23(27-22)25-19-8-10-20(11-9-19)29-16-14-28(2)15-17-29/h4-13H,3,14-17H2,1-2H3,(H2,24,25,26,27). The topological polar surface area (TPSA) is 56.3 Å². The third kappa shape index (κ3) is 4.84. The van der Waals surface area contributed by atoms with Crippen molar-refractivity contribution in [3.63, 3.8) is 0 Å². The minimum absolute atomic E-state index is 0.580. The van der Waals surface area contributed by atoms with E-state index in [9.17, 15) is 0 Å². The summed E-state index contributed by atoms with van der Waals surface area (Å²) in [7, 11) is 2.17. The first-order valence-electron chi connectivity index (χ1n) is 10.2. The number of aromatic nitrogens is 2. The van der Waals surface area contributed by atoms with Gasteiger partial charge < -0.3 is 20.4 Å².